The van der Waals surface area contributed by atoms with E-state index in [0.717, 1.165) is 17.4 Å². The van der Waals surface area contributed by atoms with E-state index in [0.29, 0.717) is 28.6 Å². The molecule has 0 radical (unpaired) electrons. The summed E-state index contributed by atoms with van der Waals surface area (Å²) in [5.74, 6) is 1.97. The average Bonchev–Trinajstić information content (AvgIpc) is 2.68. The van der Waals surface area contributed by atoms with E-state index in [1.165, 1.54) is 14.2 Å². The van der Waals surface area contributed by atoms with Crippen molar-refractivity contribution in [3.8, 4) is 34.1 Å². The number of rotatable bonds is 6. The first-order valence-electron chi connectivity index (χ1n) is 7.80. The zero-order valence-electron chi connectivity index (χ0n) is 14.1. The normalized spacial score (nSPS) is 10.2. The first-order chi connectivity index (χ1) is 12.3. The molecule has 3 rings (SSSR count). The number of benzene rings is 3. The molecule has 0 atom stereocenters. The molecule has 0 saturated carbocycles. The zero-order chi connectivity index (χ0) is 17.6. The van der Waals surface area contributed by atoms with Gasteiger partial charge < -0.3 is 14.2 Å². The smallest absolute Gasteiger partial charge is 0.203 e. The summed E-state index contributed by atoms with van der Waals surface area (Å²) >= 11 is 0. The molecule has 0 aromatic heterocycles. The first-order valence-corrected chi connectivity index (χ1v) is 7.80. The van der Waals surface area contributed by atoms with Crippen LogP contribution in [-0.4, -0.2) is 20.5 Å². The molecular formula is C21H18O4. The molecule has 25 heavy (non-hydrogen) atoms. The summed E-state index contributed by atoms with van der Waals surface area (Å²) in [5, 5.41) is 0. The van der Waals surface area contributed by atoms with Gasteiger partial charge in [0.1, 0.15) is 12.0 Å². The van der Waals surface area contributed by atoms with E-state index in [-0.39, 0.29) is 0 Å². The van der Waals surface area contributed by atoms with Crippen molar-refractivity contribution in [2.75, 3.05) is 14.2 Å². The number of ether oxygens (including phenoxy) is 3. The number of hydrogen-bond acceptors (Lipinski definition) is 4. The van der Waals surface area contributed by atoms with E-state index in [9.17, 15) is 4.79 Å². The molecular weight excluding hydrogens is 316 g/mol. The molecule has 4 heteroatoms. The van der Waals surface area contributed by atoms with Crippen LogP contribution in [0.15, 0.2) is 66.7 Å². The molecule has 4 nitrogen and oxygen atoms in total. The van der Waals surface area contributed by atoms with Crippen molar-refractivity contribution >= 4 is 6.29 Å². The Labute approximate surface area is 146 Å². The van der Waals surface area contributed by atoms with E-state index in [4.69, 9.17) is 14.2 Å². The average molecular weight is 334 g/mol. The van der Waals surface area contributed by atoms with Crippen molar-refractivity contribution < 1.29 is 19.0 Å². The molecule has 3 aromatic rings. The van der Waals surface area contributed by atoms with Crippen LogP contribution in [0.25, 0.3) is 11.1 Å². The second kappa shape index (κ2) is 7.53. The summed E-state index contributed by atoms with van der Waals surface area (Å²) in [5.41, 5.74) is 2.43. The molecule has 126 valence electrons. The van der Waals surface area contributed by atoms with E-state index >= 15 is 0 Å². The van der Waals surface area contributed by atoms with Gasteiger partial charge >= 0.3 is 0 Å². The third kappa shape index (κ3) is 3.48. The topological polar surface area (TPSA) is 44.8 Å². The third-order valence-electron chi connectivity index (χ3n) is 3.79. The van der Waals surface area contributed by atoms with E-state index in [1.54, 1.807) is 12.1 Å². The van der Waals surface area contributed by atoms with Gasteiger partial charge in [-0.2, -0.15) is 0 Å². The van der Waals surface area contributed by atoms with Crippen LogP contribution in [-0.2, 0) is 0 Å². The molecule has 0 saturated heterocycles. The molecule has 0 amide bonds. The highest BCUT2D eigenvalue weighted by molar-refractivity contribution is 5.79. The highest BCUT2D eigenvalue weighted by atomic mass is 16.5. The van der Waals surface area contributed by atoms with Crippen LogP contribution in [0.4, 0.5) is 0 Å². The monoisotopic (exact) mass is 334 g/mol. The second-order valence-electron chi connectivity index (χ2n) is 5.34. The molecule has 0 spiro atoms. The lowest BCUT2D eigenvalue weighted by molar-refractivity contribution is 0.112. The van der Waals surface area contributed by atoms with Crippen LogP contribution >= 0.6 is 0 Å². The lowest BCUT2D eigenvalue weighted by Crippen LogP contribution is -1.97. The zero-order valence-corrected chi connectivity index (χ0v) is 14.1. The number of methoxy groups -OCH3 is 2. The molecule has 0 N–H and O–H groups in total. The number of carbonyl (C=O) groups is 1. The number of para-hydroxylation sites is 1. The van der Waals surface area contributed by atoms with Crippen molar-refractivity contribution in [1.29, 1.82) is 0 Å². The maximum Gasteiger partial charge on any atom is 0.203 e. The van der Waals surface area contributed by atoms with Gasteiger partial charge in [-0.1, -0.05) is 48.5 Å². The number of hydrogen-bond donors (Lipinski definition) is 0. The fraction of sp³-hybridized carbons (Fsp3) is 0.0952. The molecule has 0 heterocycles. The lowest BCUT2D eigenvalue weighted by atomic mass is 10.0. The standard InChI is InChI=1S/C21H18O4/c1-23-19-12-15(14-22)13-20(21(19)24-2)25-18-11-7-6-10-17(18)16-8-4-3-5-9-16/h3-14H,1-2H3. The predicted octanol–water partition coefficient (Wildman–Crippen LogP) is 4.98. The van der Waals surface area contributed by atoms with Crippen LogP contribution in [0.5, 0.6) is 23.0 Å². The summed E-state index contributed by atoms with van der Waals surface area (Å²) in [7, 11) is 3.06. The Morgan fingerprint density at radius 2 is 1.44 bits per heavy atom. The second-order valence-corrected chi connectivity index (χ2v) is 5.34. The Balaban J connectivity index is 2.08. The van der Waals surface area contributed by atoms with Gasteiger partial charge in [-0.3, -0.25) is 4.79 Å². The Bertz CT molecular complexity index is 872. The Hall–Kier alpha value is -3.27. The van der Waals surface area contributed by atoms with Crippen LogP contribution in [0.3, 0.4) is 0 Å². The predicted molar refractivity (Wildman–Crippen MR) is 96.9 cm³/mol. The van der Waals surface area contributed by atoms with Crippen molar-refractivity contribution in [3.63, 3.8) is 0 Å². The van der Waals surface area contributed by atoms with Crippen LogP contribution in [0.2, 0.25) is 0 Å². The molecule has 0 aliphatic rings. The van der Waals surface area contributed by atoms with Crippen molar-refractivity contribution in [3.05, 3.63) is 72.3 Å². The maximum atomic E-state index is 11.2. The van der Waals surface area contributed by atoms with E-state index < -0.39 is 0 Å². The van der Waals surface area contributed by atoms with Gasteiger partial charge in [0.25, 0.3) is 0 Å². The van der Waals surface area contributed by atoms with Gasteiger partial charge in [-0.05, 0) is 23.8 Å². The van der Waals surface area contributed by atoms with Crippen molar-refractivity contribution in [1.82, 2.24) is 0 Å². The molecule has 0 aliphatic carbocycles. The summed E-state index contributed by atoms with van der Waals surface area (Å²) in [6, 6.07) is 20.9. The van der Waals surface area contributed by atoms with Gasteiger partial charge in [0, 0.05) is 11.1 Å². The van der Waals surface area contributed by atoms with Gasteiger partial charge in [0.2, 0.25) is 5.75 Å². The molecule has 0 fully saturated rings. The Morgan fingerprint density at radius 1 is 0.760 bits per heavy atom. The summed E-state index contributed by atoms with van der Waals surface area (Å²) in [6.07, 6.45) is 0.748. The number of carbonyl (C=O) groups excluding carboxylic acids is 1. The van der Waals surface area contributed by atoms with Gasteiger partial charge in [-0.15, -0.1) is 0 Å². The quantitative estimate of drug-likeness (QED) is 0.597. The van der Waals surface area contributed by atoms with Crippen molar-refractivity contribution in [2.45, 2.75) is 0 Å². The molecule has 3 aromatic carbocycles. The minimum absolute atomic E-state index is 0.423. The van der Waals surface area contributed by atoms with Crippen LogP contribution < -0.4 is 14.2 Å². The maximum absolute atomic E-state index is 11.2. The largest absolute Gasteiger partial charge is 0.493 e. The Kier molecular flexibility index (Phi) is 5.00. The summed E-state index contributed by atoms with van der Waals surface area (Å²) in [4.78, 5) is 11.2. The summed E-state index contributed by atoms with van der Waals surface area (Å²) in [6.45, 7) is 0. The minimum Gasteiger partial charge on any atom is -0.493 e. The van der Waals surface area contributed by atoms with Gasteiger partial charge in [0.15, 0.2) is 11.5 Å². The number of aldehydes is 1. The first kappa shape index (κ1) is 16.6. The highest BCUT2D eigenvalue weighted by Crippen LogP contribution is 2.42. The molecule has 0 bridgehead atoms. The van der Waals surface area contributed by atoms with Gasteiger partial charge in [-0.25, -0.2) is 0 Å². The fourth-order valence-corrected chi connectivity index (χ4v) is 2.62. The third-order valence-corrected chi connectivity index (χ3v) is 3.79. The van der Waals surface area contributed by atoms with E-state index in [1.807, 2.05) is 54.6 Å². The SMILES string of the molecule is COc1cc(C=O)cc(Oc2ccccc2-c2ccccc2)c1OC. The lowest BCUT2D eigenvalue weighted by Gasteiger charge is -2.16. The highest BCUT2D eigenvalue weighted by Gasteiger charge is 2.16. The molecule has 0 aliphatic heterocycles. The van der Waals surface area contributed by atoms with Crippen LogP contribution in [0, 0.1) is 0 Å². The van der Waals surface area contributed by atoms with Gasteiger partial charge in [0.05, 0.1) is 14.2 Å². The molecule has 0 unspecified atom stereocenters. The van der Waals surface area contributed by atoms with Crippen LogP contribution in [0.1, 0.15) is 10.4 Å². The summed E-state index contributed by atoms with van der Waals surface area (Å²) < 4.78 is 16.8. The Morgan fingerprint density at radius 3 is 2.12 bits per heavy atom. The minimum atomic E-state index is 0.423. The fourth-order valence-electron chi connectivity index (χ4n) is 2.62. The van der Waals surface area contributed by atoms with E-state index in [2.05, 4.69) is 0 Å². The van der Waals surface area contributed by atoms with Crippen molar-refractivity contribution in [2.24, 2.45) is 0 Å².